The molecule has 0 aliphatic carbocycles. The van der Waals surface area contributed by atoms with Gasteiger partial charge in [0.1, 0.15) is 19.0 Å². The molecule has 2 rings (SSSR count). The first kappa shape index (κ1) is 9.98. The van der Waals surface area contributed by atoms with Crippen molar-refractivity contribution < 1.29 is 14.6 Å². The molecule has 0 saturated heterocycles. The minimum atomic E-state index is 0.0155. The Kier molecular flexibility index (Phi) is 3.19. The van der Waals surface area contributed by atoms with Crippen LogP contribution in [0.25, 0.3) is 0 Å². The molecular weight excluding hydrogens is 194 g/mol. The van der Waals surface area contributed by atoms with E-state index in [0.717, 1.165) is 17.9 Å². The van der Waals surface area contributed by atoms with Crippen LogP contribution in [0.4, 0.5) is 0 Å². The molecule has 0 bridgehead atoms. The van der Waals surface area contributed by atoms with E-state index in [0.29, 0.717) is 19.1 Å². The smallest absolute Gasteiger partial charge is 0.216 e. The lowest BCUT2D eigenvalue weighted by molar-refractivity contribution is 0.201. The van der Waals surface area contributed by atoms with Crippen molar-refractivity contribution in [2.24, 2.45) is 4.99 Å². The van der Waals surface area contributed by atoms with Crippen LogP contribution in [-0.2, 0) is 4.74 Å². The van der Waals surface area contributed by atoms with E-state index < -0.39 is 0 Å². The first-order valence-electron chi connectivity index (χ1n) is 4.91. The lowest BCUT2D eigenvalue weighted by Gasteiger charge is -2.06. The van der Waals surface area contributed by atoms with Gasteiger partial charge < -0.3 is 14.6 Å². The van der Waals surface area contributed by atoms with E-state index in [1.165, 1.54) is 0 Å². The van der Waals surface area contributed by atoms with Gasteiger partial charge >= 0.3 is 0 Å². The Morgan fingerprint density at radius 2 is 2.40 bits per heavy atom. The molecule has 0 atom stereocenters. The first-order valence-corrected chi connectivity index (χ1v) is 4.91. The summed E-state index contributed by atoms with van der Waals surface area (Å²) in [5, 5.41) is 8.63. The van der Waals surface area contributed by atoms with Gasteiger partial charge in [0.25, 0.3) is 0 Å². The Morgan fingerprint density at radius 1 is 1.47 bits per heavy atom. The summed E-state index contributed by atoms with van der Waals surface area (Å²) in [5.41, 5.74) is 0.919. The van der Waals surface area contributed by atoms with Crippen molar-refractivity contribution >= 4 is 5.90 Å². The fraction of sp³-hybridized carbons (Fsp3) is 0.364. The van der Waals surface area contributed by atoms with Crippen molar-refractivity contribution in [2.45, 2.75) is 0 Å². The molecular formula is C11H13NO3. The minimum absolute atomic E-state index is 0.0155. The monoisotopic (exact) mass is 207 g/mol. The Labute approximate surface area is 88.2 Å². The molecule has 1 aromatic rings. The molecule has 1 N–H and O–H groups in total. The van der Waals surface area contributed by atoms with Gasteiger partial charge in [0.15, 0.2) is 0 Å². The van der Waals surface area contributed by atoms with Crippen LogP contribution in [0.15, 0.2) is 29.3 Å². The zero-order valence-electron chi connectivity index (χ0n) is 8.35. The largest absolute Gasteiger partial charge is 0.491 e. The first-order chi connectivity index (χ1) is 7.40. The van der Waals surface area contributed by atoms with Crippen LogP contribution in [0.3, 0.4) is 0 Å². The predicted molar refractivity (Wildman–Crippen MR) is 56.4 cm³/mol. The van der Waals surface area contributed by atoms with Gasteiger partial charge in [-0.3, -0.25) is 0 Å². The molecule has 80 valence electrons. The number of aliphatic hydroxyl groups is 1. The lowest BCUT2D eigenvalue weighted by atomic mass is 10.2. The summed E-state index contributed by atoms with van der Waals surface area (Å²) < 4.78 is 10.6. The summed E-state index contributed by atoms with van der Waals surface area (Å²) in [5.74, 6) is 1.39. The molecule has 1 aromatic carbocycles. The fourth-order valence-corrected chi connectivity index (χ4v) is 1.39. The van der Waals surface area contributed by atoms with Gasteiger partial charge in [-0.1, -0.05) is 6.07 Å². The van der Waals surface area contributed by atoms with Gasteiger partial charge in [0, 0.05) is 5.56 Å². The third-order valence-electron chi connectivity index (χ3n) is 2.03. The lowest BCUT2D eigenvalue weighted by Crippen LogP contribution is -2.04. The molecule has 0 amide bonds. The number of rotatable bonds is 4. The summed E-state index contributed by atoms with van der Waals surface area (Å²) in [4.78, 5) is 4.22. The summed E-state index contributed by atoms with van der Waals surface area (Å²) >= 11 is 0. The topological polar surface area (TPSA) is 51.0 Å². The molecule has 0 unspecified atom stereocenters. The molecule has 0 saturated carbocycles. The molecule has 1 aliphatic heterocycles. The standard InChI is InChI=1S/C11H13NO3/c13-5-7-14-10-3-1-2-9(8-10)11-12-4-6-15-11/h1-3,8,13H,4-7H2. The second-order valence-electron chi connectivity index (χ2n) is 3.14. The quantitative estimate of drug-likeness (QED) is 0.795. The average molecular weight is 207 g/mol. The number of hydrogen-bond donors (Lipinski definition) is 1. The van der Waals surface area contributed by atoms with E-state index in [-0.39, 0.29) is 6.61 Å². The molecule has 1 aliphatic rings. The molecule has 0 aromatic heterocycles. The van der Waals surface area contributed by atoms with E-state index in [4.69, 9.17) is 14.6 Å². The van der Waals surface area contributed by atoms with Crippen LogP contribution in [-0.4, -0.2) is 37.4 Å². The highest BCUT2D eigenvalue weighted by Gasteiger charge is 2.10. The van der Waals surface area contributed by atoms with Gasteiger partial charge in [0.2, 0.25) is 5.90 Å². The number of aliphatic hydroxyl groups excluding tert-OH is 1. The van der Waals surface area contributed by atoms with Crippen molar-refractivity contribution in [3.05, 3.63) is 29.8 Å². The van der Waals surface area contributed by atoms with Crippen LogP contribution in [0.2, 0.25) is 0 Å². The Morgan fingerprint density at radius 3 is 3.13 bits per heavy atom. The minimum Gasteiger partial charge on any atom is -0.491 e. The summed E-state index contributed by atoms with van der Waals surface area (Å²) in [6.45, 7) is 1.69. The maximum atomic E-state index is 8.63. The van der Waals surface area contributed by atoms with Crippen molar-refractivity contribution in [2.75, 3.05) is 26.4 Å². The van der Waals surface area contributed by atoms with Gasteiger partial charge in [-0.05, 0) is 18.2 Å². The van der Waals surface area contributed by atoms with Gasteiger partial charge in [-0.2, -0.15) is 0 Å². The Bertz CT molecular complexity index is 363. The molecule has 4 nitrogen and oxygen atoms in total. The number of ether oxygens (including phenoxy) is 2. The summed E-state index contributed by atoms with van der Waals surface area (Å²) in [6, 6.07) is 7.51. The van der Waals surface area contributed by atoms with Crippen molar-refractivity contribution in [3.63, 3.8) is 0 Å². The van der Waals surface area contributed by atoms with Gasteiger partial charge in [-0.25, -0.2) is 4.99 Å². The molecule has 15 heavy (non-hydrogen) atoms. The number of benzene rings is 1. The van der Waals surface area contributed by atoms with Gasteiger partial charge in [-0.15, -0.1) is 0 Å². The molecule has 4 heteroatoms. The zero-order chi connectivity index (χ0) is 10.5. The molecule has 0 radical (unpaired) electrons. The third-order valence-corrected chi connectivity index (χ3v) is 2.03. The normalized spacial score (nSPS) is 14.6. The van der Waals surface area contributed by atoms with Crippen LogP contribution >= 0.6 is 0 Å². The SMILES string of the molecule is OCCOc1cccc(C2=NCCO2)c1. The maximum absolute atomic E-state index is 8.63. The second-order valence-corrected chi connectivity index (χ2v) is 3.14. The second kappa shape index (κ2) is 4.79. The van der Waals surface area contributed by atoms with Crippen LogP contribution in [0.1, 0.15) is 5.56 Å². The van der Waals surface area contributed by atoms with Crippen LogP contribution in [0, 0.1) is 0 Å². The third kappa shape index (κ3) is 2.47. The average Bonchev–Trinajstić information content (AvgIpc) is 2.80. The van der Waals surface area contributed by atoms with E-state index >= 15 is 0 Å². The number of hydrogen-bond acceptors (Lipinski definition) is 4. The maximum Gasteiger partial charge on any atom is 0.216 e. The van der Waals surface area contributed by atoms with Crippen LogP contribution < -0.4 is 4.74 Å². The van der Waals surface area contributed by atoms with E-state index in [1.807, 2.05) is 24.3 Å². The van der Waals surface area contributed by atoms with Gasteiger partial charge in [0.05, 0.1) is 13.2 Å². The van der Waals surface area contributed by atoms with Crippen molar-refractivity contribution in [1.82, 2.24) is 0 Å². The summed E-state index contributed by atoms with van der Waals surface area (Å²) in [6.07, 6.45) is 0. The van der Waals surface area contributed by atoms with Crippen LogP contribution in [0.5, 0.6) is 5.75 Å². The van der Waals surface area contributed by atoms with E-state index in [1.54, 1.807) is 0 Å². The van der Waals surface area contributed by atoms with Crippen molar-refractivity contribution in [3.8, 4) is 5.75 Å². The molecule has 1 heterocycles. The highest BCUT2D eigenvalue weighted by atomic mass is 16.5. The molecule has 0 spiro atoms. The fourth-order valence-electron chi connectivity index (χ4n) is 1.39. The number of nitrogens with zero attached hydrogens (tertiary/aromatic N) is 1. The van der Waals surface area contributed by atoms with E-state index in [9.17, 15) is 0 Å². The van der Waals surface area contributed by atoms with Crippen molar-refractivity contribution in [1.29, 1.82) is 0 Å². The predicted octanol–water partition coefficient (Wildman–Crippen LogP) is 0.834. The highest BCUT2D eigenvalue weighted by Crippen LogP contribution is 2.15. The molecule has 0 fully saturated rings. The zero-order valence-corrected chi connectivity index (χ0v) is 8.35. The Hall–Kier alpha value is -1.55. The van der Waals surface area contributed by atoms with E-state index in [2.05, 4.69) is 4.99 Å². The summed E-state index contributed by atoms with van der Waals surface area (Å²) in [7, 11) is 0. The highest BCUT2D eigenvalue weighted by molar-refractivity contribution is 5.95. The Balaban J connectivity index is 2.11. The number of aliphatic imine (C=N–C) groups is 1.